The molecule has 1 unspecified atom stereocenters. The van der Waals surface area contributed by atoms with Crippen LogP contribution in [0.1, 0.15) is 34.1 Å². The second-order valence-electron chi connectivity index (χ2n) is 6.25. The summed E-state index contributed by atoms with van der Waals surface area (Å²) in [5.41, 5.74) is 2.26. The van der Waals surface area contributed by atoms with Crippen molar-refractivity contribution in [2.45, 2.75) is 26.2 Å². The summed E-state index contributed by atoms with van der Waals surface area (Å²) in [4.78, 5) is 13.5. The average Bonchev–Trinajstić information content (AvgIpc) is 2.94. The molecule has 0 saturated carbocycles. The van der Waals surface area contributed by atoms with Crippen molar-refractivity contribution in [3.05, 3.63) is 44.2 Å². The van der Waals surface area contributed by atoms with Crippen LogP contribution in [0.25, 0.3) is 0 Å². The molecule has 0 amide bonds. The number of benzene rings is 1. The Morgan fingerprint density at radius 1 is 1.35 bits per heavy atom. The van der Waals surface area contributed by atoms with Gasteiger partial charge in [0, 0.05) is 9.90 Å². The van der Waals surface area contributed by atoms with Crippen molar-refractivity contribution in [1.29, 1.82) is 0 Å². The normalized spacial score (nSPS) is 15.9. The summed E-state index contributed by atoms with van der Waals surface area (Å²) in [6, 6.07) is 5.09. The predicted octanol–water partition coefficient (Wildman–Crippen LogP) is 5.78. The summed E-state index contributed by atoms with van der Waals surface area (Å²) in [6.07, 6.45) is 2.90. The molecule has 1 aromatic heterocycles. The quantitative estimate of drug-likeness (QED) is 0.479. The maximum atomic E-state index is 12.3. The van der Waals surface area contributed by atoms with Crippen molar-refractivity contribution in [3.8, 4) is 0 Å². The Morgan fingerprint density at radius 2 is 2.12 bits per heavy atom. The Morgan fingerprint density at radius 3 is 2.85 bits per heavy atom. The SMILES string of the molecule is COC(=O)c1c(NC(=S)Nc2cc(Cl)ccc2Cl)sc2c1CCC(C)C2. The van der Waals surface area contributed by atoms with E-state index < -0.39 is 0 Å². The molecule has 0 bridgehead atoms. The van der Waals surface area contributed by atoms with Gasteiger partial charge in [-0.15, -0.1) is 11.3 Å². The zero-order chi connectivity index (χ0) is 18.8. The van der Waals surface area contributed by atoms with Crippen LogP contribution >= 0.6 is 46.8 Å². The van der Waals surface area contributed by atoms with Crippen molar-refractivity contribution in [2.24, 2.45) is 5.92 Å². The van der Waals surface area contributed by atoms with E-state index in [2.05, 4.69) is 17.6 Å². The van der Waals surface area contributed by atoms with Crippen molar-refractivity contribution >= 4 is 68.5 Å². The van der Waals surface area contributed by atoms with E-state index in [1.54, 1.807) is 29.5 Å². The predicted molar refractivity (Wildman–Crippen MR) is 113 cm³/mol. The van der Waals surface area contributed by atoms with Crippen LogP contribution in [0.2, 0.25) is 10.0 Å². The largest absolute Gasteiger partial charge is 0.465 e. The van der Waals surface area contributed by atoms with E-state index in [1.165, 1.54) is 12.0 Å². The van der Waals surface area contributed by atoms with E-state index in [1.807, 2.05) is 0 Å². The smallest absolute Gasteiger partial charge is 0.341 e. The molecule has 4 nitrogen and oxygen atoms in total. The highest BCUT2D eigenvalue weighted by Gasteiger charge is 2.28. The molecule has 0 fully saturated rings. The molecule has 0 saturated heterocycles. The summed E-state index contributed by atoms with van der Waals surface area (Å²) >= 11 is 19.1. The Bertz CT molecular complexity index is 867. The second-order valence-corrected chi connectivity index (χ2v) is 8.61. The van der Waals surface area contributed by atoms with Gasteiger partial charge in [0.1, 0.15) is 5.00 Å². The third-order valence-corrected chi connectivity index (χ3v) is 6.24. The van der Waals surface area contributed by atoms with E-state index in [4.69, 9.17) is 40.2 Å². The number of thiocarbonyl (C=S) groups is 1. The van der Waals surface area contributed by atoms with E-state index in [0.717, 1.165) is 24.8 Å². The number of nitrogens with one attached hydrogen (secondary N) is 2. The molecule has 26 heavy (non-hydrogen) atoms. The standard InChI is InChI=1S/C18H18Cl2N2O2S2/c1-9-3-5-11-14(7-9)26-16(15(11)17(23)24-2)22-18(25)21-13-8-10(19)4-6-12(13)20/h4,6,8-9H,3,5,7H2,1-2H3,(H2,21,22,25). The van der Waals surface area contributed by atoms with Crippen LogP contribution in [0.4, 0.5) is 10.7 Å². The molecular weight excluding hydrogens is 411 g/mol. The van der Waals surface area contributed by atoms with Crippen molar-refractivity contribution in [3.63, 3.8) is 0 Å². The molecule has 2 aromatic rings. The Balaban J connectivity index is 1.86. The lowest BCUT2D eigenvalue weighted by molar-refractivity contribution is 0.0601. The lowest BCUT2D eigenvalue weighted by Crippen LogP contribution is -2.20. The lowest BCUT2D eigenvalue weighted by Gasteiger charge is -2.18. The second kappa shape index (κ2) is 8.13. The summed E-state index contributed by atoms with van der Waals surface area (Å²) in [5, 5.41) is 8.26. The van der Waals surface area contributed by atoms with Crippen molar-refractivity contribution < 1.29 is 9.53 Å². The van der Waals surface area contributed by atoms with Gasteiger partial charge in [-0.1, -0.05) is 30.1 Å². The molecule has 1 atom stereocenters. The molecule has 1 aliphatic carbocycles. The van der Waals surface area contributed by atoms with E-state index in [9.17, 15) is 4.79 Å². The summed E-state index contributed by atoms with van der Waals surface area (Å²) in [7, 11) is 1.39. The third kappa shape index (κ3) is 4.14. The van der Waals surface area contributed by atoms with Crippen LogP contribution in [0.3, 0.4) is 0 Å². The van der Waals surface area contributed by atoms with E-state index in [-0.39, 0.29) is 5.97 Å². The number of esters is 1. The molecule has 1 aliphatic rings. The number of halogens is 2. The van der Waals surface area contributed by atoms with E-state index >= 15 is 0 Å². The summed E-state index contributed by atoms with van der Waals surface area (Å²) in [5.74, 6) is 0.262. The molecule has 0 aliphatic heterocycles. The number of hydrogen-bond donors (Lipinski definition) is 2. The average molecular weight is 429 g/mol. The fourth-order valence-corrected chi connectivity index (χ4v) is 5.02. The Kier molecular flexibility index (Phi) is 6.07. The van der Waals surface area contributed by atoms with Gasteiger partial charge in [0.2, 0.25) is 0 Å². The van der Waals surface area contributed by atoms with Crippen LogP contribution in [0.15, 0.2) is 18.2 Å². The minimum absolute atomic E-state index is 0.339. The van der Waals surface area contributed by atoms with Gasteiger partial charge >= 0.3 is 5.97 Å². The van der Waals surface area contributed by atoms with Crippen LogP contribution in [0, 0.1) is 5.92 Å². The molecule has 0 radical (unpaired) electrons. The molecule has 1 heterocycles. The number of carbonyl (C=O) groups is 1. The van der Waals surface area contributed by atoms with Gasteiger partial charge in [-0.2, -0.15) is 0 Å². The van der Waals surface area contributed by atoms with Gasteiger partial charge in [0.15, 0.2) is 5.11 Å². The van der Waals surface area contributed by atoms with Crippen LogP contribution in [-0.4, -0.2) is 18.2 Å². The highest BCUT2D eigenvalue weighted by atomic mass is 35.5. The topological polar surface area (TPSA) is 50.4 Å². The number of carbonyl (C=O) groups excluding carboxylic acids is 1. The van der Waals surface area contributed by atoms with Gasteiger partial charge in [-0.3, -0.25) is 0 Å². The zero-order valence-corrected chi connectivity index (χ0v) is 17.5. The van der Waals surface area contributed by atoms with Crippen LogP contribution in [0.5, 0.6) is 0 Å². The number of ether oxygens (including phenoxy) is 1. The Hall–Kier alpha value is -1.34. The first-order valence-electron chi connectivity index (χ1n) is 8.15. The molecule has 3 rings (SSSR count). The maximum absolute atomic E-state index is 12.3. The van der Waals surface area contributed by atoms with Crippen LogP contribution < -0.4 is 10.6 Å². The fourth-order valence-electron chi connectivity index (χ4n) is 3.01. The minimum Gasteiger partial charge on any atom is -0.465 e. The minimum atomic E-state index is -0.344. The fraction of sp³-hybridized carbons (Fsp3) is 0.333. The van der Waals surface area contributed by atoms with Gasteiger partial charge < -0.3 is 15.4 Å². The number of methoxy groups -OCH3 is 1. The number of thiophene rings is 1. The third-order valence-electron chi connectivity index (χ3n) is 4.30. The van der Waals surface area contributed by atoms with Gasteiger partial charge in [-0.25, -0.2) is 4.79 Å². The molecule has 8 heteroatoms. The number of fused-ring (bicyclic) bond motifs is 1. The molecular formula is C18H18Cl2N2O2S2. The Labute approximate surface area is 171 Å². The van der Waals surface area contributed by atoms with Gasteiger partial charge in [0.25, 0.3) is 0 Å². The lowest BCUT2D eigenvalue weighted by atomic mass is 9.88. The molecule has 2 N–H and O–H groups in total. The molecule has 1 aromatic carbocycles. The highest BCUT2D eigenvalue weighted by Crippen LogP contribution is 2.40. The molecule has 0 spiro atoms. The van der Waals surface area contributed by atoms with Crippen molar-refractivity contribution in [1.82, 2.24) is 0 Å². The first-order valence-corrected chi connectivity index (χ1v) is 10.1. The first kappa shape index (κ1) is 19.4. The summed E-state index contributed by atoms with van der Waals surface area (Å²) < 4.78 is 4.99. The maximum Gasteiger partial charge on any atom is 0.341 e. The van der Waals surface area contributed by atoms with Crippen LogP contribution in [-0.2, 0) is 17.6 Å². The number of hydrogen-bond acceptors (Lipinski definition) is 4. The van der Waals surface area contributed by atoms with E-state index in [0.29, 0.717) is 37.3 Å². The van der Waals surface area contributed by atoms with Gasteiger partial charge in [-0.05, 0) is 61.2 Å². The summed E-state index contributed by atoms with van der Waals surface area (Å²) in [6.45, 7) is 2.22. The zero-order valence-electron chi connectivity index (χ0n) is 14.3. The highest BCUT2D eigenvalue weighted by molar-refractivity contribution is 7.80. The van der Waals surface area contributed by atoms with Crippen molar-refractivity contribution in [2.75, 3.05) is 17.7 Å². The number of rotatable bonds is 3. The molecule has 138 valence electrons. The monoisotopic (exact) mass is 428 g/mol. The first-order chi connectivity index (χ1) is 12.4. The van der Waals surface area contributed by atoms with Gasteiger partial charge in [0.05, 0.1) is 23.4 Å². The number of anilines is 2.